The molecule has 2 saturated heterocycles. The lowest BCUT2D eigenvalue weighted by Crippen LogP contribution is -2.54. The summed E-state index contributed by atoms with van der Waals surface area (Å²) in [4.78, 5) is 32.7. The second-order valence-electron chi connectivity index (χ2n) is 7.02. The van der Waals surface area contributed by atoms with E-state index in [1.54, 1.807) is 16.8 Å². The Morgan fingerprint density at radius 1 is 1.19 bits per heavy atom. The minimum Gasteiger partial charge on any atom is -0.357 e. The second kappa shape index (κ2) is 7.48. The van der Waals surface area contributed by atoms with Crippen LogP contribution in [0.3, 0.4) is 0 Å². The molecular weight excluding hydrogens is 346 g/mol. The Labute approximate surface area is 157 Å². The van der Waals surface area contributed by atoms with Crippen LogP contribution >= 0.6 is 0 Å². The maximum absolute atomic E-state index is 12.7. The van der Waals surface area contributed by atoms with E-state index in [4.69, 9.17) is 4.74 Å². The average Bonchev–Trinajstić information content (AvgIpc) is 3.21. The van der Waals surface area contributed by atoms with Gasteiger partial charge in [0.2, 0.25) is 6.10 Å². The Balaban J connectivity index is 1.37. The zero-order valence-electron chi connectivity index (χ0n) is 15.3. The van der Waals surface area contributed by atoms with Crippen LogP contribution in [0.1, 0.15) is 24.6 Å². The molecule has 8 heteroatoms. The summed E-state index contributed by atoms with van der Waals surface area (Å²) in [6, 6.07) is 9.84. The lowest BCUT2D eigenvalue weighted by Gasteiger charge is -2.35. The lowest BCUT2D eigenvalue weighted by molar-refractivity contribution is -0.164. The van der Waals surface area contributed by atoms with Crippen molar-refractivity contribution in [2.45, 2.75) is 24.9 Å². The highest BCUT2D eigenvalue weighted by atomic mass is 16.5. The minimum atomic E-state index is -0.990. The summed E-state index contributed by atoms with van der Waals surface area (Å²) < 4.78 is 5.43. The van der Waals surface area contributed by atoms with Gasteiger partial charge in [0.05, 0.1) is 6.61 Å². The molecule has 0 aliphatic carbocycles. The van der Waals surface area contributed by atoms with Gasteiger partial charge < -0.3 is 14.5 Å². The van der Waals surface area contributed by atoms with Crippen LogP contribution in [0, 0.1) is 0 Å². The smallest absolute Gasteiger partial charge is 0.261 e. The Morgan fingerprint density at radius 3 is 2.67 bits per heavy atom. The summed E-state index contributed by atoms with van der Waals surface area (Å²) in [6.45, 7) is 2.10. The van der Waals surface area contributed by atoms with E-state index in [2.05, 4.69) is 15.2 Å². The molecule has 142 valence electrons. The summed E-state index contributed by atoms with van der Waals surface area (Å²) in [5.41, 5.74) is 0.977. The third kappa shape index (κ3) is 3.57. The predicted octanol–water partition coefficient (Wildman–Crippen LogP) is 1.03. The van der Waals surface area contributed by atoms with Gasteiger partial charge in [-0.05, 0) is 12.8 Å². The molecule has 3 heterocycles. The summed E-state index contributed by atoms with van der Waals surface area (Å²) in [6.07, 6.45) is 0.577. The van der Waals surface area contributed by atoms with Crippen molar-refractivity contribution >= 4 is 11.8 Å². The van der Waals surface area contributed by atoms with Crippen molar-refractivity contribution in [2.24, 2.45) is 0 Å². The molecule has 2 amide bonds. The van der Waals surface area contributed by atoms with E-state index >= 15 is 0 Å². The minimum absolute atomic E-state index is 0.227. The van der Waals surface area contributed by atoms with Crippen LogP contribution in [0.15, 0.2) is 30.3 Å². The molecule has 0 radical (unpaired) electrons. The number of likely N-dealkylation sites (N-methyl/N-ethyl adjacent to an activating group) is 1. The molecule has 0 spiro atoms. The van der Waals surface area contributed by atoms with Crippen LogP contribution in [-0.2, 0) is 14.3 Å². The quantitative estimate of drug-likeness (QED) is 0.816. The van der Waals surface area contributed by atoms with Gasteiger partial charge >= 0.3 is 0 Å². The van der Waals surface area contributed by atoms with Gasteiger partial charge in [-0.15, -0.1) is 0 Å². The van der Waals surface area contributed by atoms with Crippen molar-refractivity contribution in [3.8, 4) is 11.4 Å². The van der Waals surface area contributed by atoms with Gasteiger partial charge in [0.1, 0.15) is 5.82 Å². The Kier molecular flexibility index (Phi) is 4.89. The van der Waals surface area contributed by atoms with Crippen molar-refractivity contribution in [2.75, 3.05) is 33.3 Å². The molecule has 2 aromatic rings. The molecular formula is C19H23N5O3. The molecule has 2 fully saturated rings. The largest absolute Gasteiger partial charge is 0.357 e. The number of nitrogens with one attached hydrogen (secondary N) is 1. The van der Waals surface area contributed by atoms with E-state index < -0.39 is 6.10 Å². The molecule has 2 aliphatic rings. The van der Waals surface area contributed by atoms with Crippen LogP contribution in [0.5, 0.6) is 0 Å². The zero-order valence-corrected chi connectivity index (χ0v) is 15.3. The van der Waals surface area contributed by atoms with Crippen molar-refractivity contribution in [1.82, 2.24) is 25.0 Å². The number of likely N-dealkylation sites (tertiary alicyclic amines) is 1. The third-order valence-corrected chi connectivity index (χ3v) is 5.26. The number of rotatable bonds is 3. The summed E-state index contributed by atoms with van der Waals surface area (Å²) in [7, 11) is 1.70. The van der Waals surface area contributed by atoms with Crippen molar-refractivity contribution in [3.63, 3.8) is 0 Å². The number of benzene rings is 1. The van der Waals surface area contributed by atoms with Crippen LogP contribution < -0.4 is 0 Å². The van der Waals surface area contributed by atoms with Crippen LogP contribution in [0.4, 0.5) is 0 Å². The van der Waals surface area contributed by atoms with Crippen LogP contribution in [0.25, 0.3) is 11.4 Å². The van der Waals surface area contributed by atoms with E-state index in [0.717, 1.165) is 24.2 Å². The molecule has 0 bridgehead atoms. The van der Waals surface area contributed by atoms with Gasteiger partial charge in [-0.1, -0.05) is 30.3 Å². The number of hydrogen-bond donors (Lipinski definition) is 1. The summed E-state index contributed by atoms with van der Waals surface area (Å²) in [5, 5.41) is 7.36. The highest BCUT2D eigenvalue weighted by molar-refractivity contribution is 6.03. The first-order valence-corrected chi connectivity index (χ1v) is 9.26. The number of carbonyl (C=O) groups excluding carboxylic acids is 2. The Hall–Kier alpha value is -2.74. The number of nitrogens with zero attached hydrogens (tertiary/aromatic N) is 4. The number of H-pyrrole nitrogens is 1. The normalized spacial score (nSPS) is 21.5. The fourth-order valence-electron chi connectivity index (χ4n) is 3.58. The van der Waals surface area contributed by atoms with E-state index in [0.29, 0.717) is 32.1 Å². The number of piperidine rings is 1. The monoisotopic (exact) mass is 369 g/mol. The van der Waals surface area contributed by atoms with Gasteiger partial charge in [-0.2, -0.15) is 5.10 Å². The van der Waals surface area contributed by atoms with Gasteiger partial charge in [0, 0.05) is 38.2 Å². The first-order chi connectivity index (χ1) is 13.1. The van der Waals surface area contributed by atoms with E-state index in [-0.39, 0.29) is 17.7 Å². The van der Waals surface area contributed by atoms with Crippen molar-refractivity contribution < 1.29 is 14.3 Å². The SMILES string of the molecule is CN1CCOC(C(=O)N2CCC(c3nc(-c4ccccc4)n[nH]3)CC2)C1=O. The highest BCUT2D eigenvalue weighted by Crippen LogP contribution is 2.27. The fourth-order valence-corrected chi connectivity index (χ4v) is 3.58. The second-order valence-corrected chi connectivity index (χ2v) is 7.02. The number of carbonyl (C=O) groups is 2. The number of amides is 2. The number of ether oxygens (including phenoxy) is 1. The summed E-state index contributed by atoms with van der Waals surface area (Å²) in [5.74, 6) is 1.28. The Morgan fingerprint density at radius 2 is 1.93 bits per heavy atom. The van der Waals surface area contributed by atoms with E-state index in [9.17, 15) is 9.59 Å². The standard InChI is InChI=1S/C19H23N5O3/c1-23-11-12-27-15(18(23)25)19(26)24-9-7-14(8-10-24)17-20-16(21-22-17)13-5-3-2-4-6-13/h2-6,14-15H,7-12H2,1H3,(H,20,21,22). The first kappa shape index (κ1) is 17.7. The molecule has 1 aromatic carbocycles. The number of aromatic amines is 1. The topological polar surface area (TPSA) is 91.4 Å². The molecule has 2 aliphatic heterocycles. The third-order valence-electron chi connectivity index (χ3n) is 5.26. The lowest BCUT2D eigenvalue weighted by atomic mass is 9.95. The van der Waals surface area contributed by atoms with Crippen LogP contribution in [0.2, 0.25) is 0 Å². The average molecular weight is 369 g/mol. The zero-order chi connectivity index (χ0) is 18.8. The van der Waals surface area contributed by atoms with Gasteiger partial charge in [0.25, 0.3) is 11.8 Å². The molecule has 4 rings (SSSR count). The predicted molar refractivity (Wildman–Crippen MR) is 97.8 cm³/mol. The molecule has 1 N–H and O–H groups in total. The fraction of sp³-hybridized carbons (Fsp3) is 0.474. The van der Waals surface area contributed by atoms with E-state index in [1.807, 2.05) is 30.3 Å². The van der Waals surface area contributed by atoms with Gasteiger partial charge in [-0.3, -0.25) is 14.7 Å². The van der Waals surface area contributed by atoms with Gasteiger partial charge in [-0.25, -0.2) is 4.98 Å². The molecule has 1 unspecified atom stereocenters. The molecule has 0 saturated carbocycles. The van der Waals surface area contributed by atoms with Crippen molar-refractivity contribution in [1.29, 1.82) is 0 Å². The number of morpholine rings is 1. The van der Waals surface area contributed by atoms with Gasteiger partial charge in [0.15, 0.2) is 5.82 Å². The van der Waals surface area contributed by atoms with Crippen LogP contribution in [-0.4, -0.2) is 76.2 Å². The van der Waals surface area contributed by atoms with Crippen molar-refractivity contribution in [3.05, 3.63) is 36.2 Å². The Bertz CT molecular complexity index is 814. The number of hydrogen-bond acceptors (Lipinski definition) is 5. The maximum Gasteiger partial charge on any atom is 0.261 e. The summed E-state index contributed by atoms with van der Waals surface area (Å²) >= 11 is 0. The highest BCUT2D eigenvalue weighted by Gasteiger charge is 2.38. The molecule has 1 aromatic heterocycles. The van der Waals surface area contributed by atoms with E-state index in [1.165, 1.54) is 0 Å². The molecule has 1 atom stereocenters. The molecule has 8 nitrogen and oxygen atoms in total. The number of aromatic nitrogens is 3. The molecule has 27 heavy (non-hydrogen) atoms. The maximum atomic E-state index is 12.7. The first-order valence-electron chi connectivity index (χ1n) is 9.26.